The van der Waals surface area contributed by atoms with E-state index in [0.29, 0.717) is 17.5 Å². The Balaban J connectivity index is 2.77. The molecule has 0 aromatic heterocycles. The van der Waals surface area contributed by atoms with Crippen molar-refractivity contribution in [3.05, 3.63) is 29.8 Å². The minimum absolute atomic E-state index is 0.00869. The number of rotatable bonds is 6. The normalized spacial score (nSPS) is 14.3. The van der Waals surface area contributed by atoms with Gasteiger partial charge in [0.15, 0.2) is 5.78 Å². The lowest BCUT2D eigenvalue weighted by molar-refractivity contribution is 0.101. The number of Topliss-reactive ketones (excluding diaryl/α,β-unsaturated/α-hetero) is 1. The monoisotopic (exact) mass is 254 g/mol. The fraction of sp³-hybridized carbons (Fsp3) is 0.462. The molecule has 1 rings (SSSR count). The Morgan fingerprint density at radius 2 is 1.88 bits per heavy atom. The molecule has 0 heterocycles. The summed E-state index contributed by atoms with van der Waals surface area (Å²) >= 11 is 0. The van der Waals surface area contributed by atoms with Crippen LogP contribution in [0.25, 0.3) is 0 Å². The summed E-state index contributed by atoms with van der Waals surface area (Å²) in [5, 5.41) is 0.665. The average Bonchev–Trinajstić information content (AvgIpc) is 2.29. The third kappa shape index (κ3) is 4.10. The molecule has 0 amide bonds. The highest BCUT2D eigenvalue weighted by Gasteiger charge is 2.18. The van der Waals surface area contributed by atoms with Crippen LogP contribution in [-0.2, 0) is 9.09 Å². The van der Waals surface area contributed by atoms with E-state index in [4.69, 9.17) is 4.52 Å². The first-order valence-electron chi connectivity index (χ1n) is 5.81. The lowest BCUT2D eigenvalue weighted by Gasteiger charge is -2.14. The SMILES string of the molecule is CCCCOP(C)(=O)c1ccc(C(C)=O)cc1. The first kappa shape index (κ1) is 14.1. The van der Waals surface area contributed by atoms with Crippen molar-refractivity contribution in [3.63, 3.8) is 0 Å². The zero-order valence-electron chi connectivity index (χ0n) is 10.6. The molecule has 94 valence electrons. The van der Waals surface area contributed by atoms with Crippen molar-refractivity contribution in [2.75, 3.05) is 13.3 Å². The molecule has 0 spiro atoms. The molecule has 0 aliphatic heterocycles. The number of hydrogen-bond donors (Lipinski definition) is 0. The van der Waals surface area contributed by atoms with Gasteiger partial charge in [-0.2, -0.15) is 0 Å². The number of benzene rings is 1. The second-order valence-corrected chi connectivity index (χ2v) is 6.60. The van der Waals surface area contributed by atoms with Gasteiger partial charge < -0.3 is 4.52 Å². The molecule has 0 fully saturated rings. The maximum Gasteiger partial charge on any atom is 0.229 e. The summed E-state index contributed by atoms with van der Waals surface area (Å²) in [7, 11) is -2.74. The van der Waals surface area contributed by atoms with Gasteiger partial charge in [0.2, 0.25) is 7.37 Å². The Bertz CT molecular complexity index is 423. The van der Waals surface area contributed by atoms with Gasteiger partial charge in [0.1, 0.15) is 0 Å². The van der Waals surface area contributed by atoms with Gasteiger partial charge >= 0.3 is 0 Å². The van der Waals surface area contributed by atoms with Crippen LogP contribution in [0.3, 0.4) is 0 Å². The van der Waals surface area contributed by atoms with Crippen molar-refractivity contribution in [3.8, 4) is 0 Å². The van der Waals surface area contributed by atoms with Crippen LogP contribution in [-0.4, -0.2) is 19.1 Å². The molecule has 0 N–H and O–H groups in total. The summed E-state index contributed by atoms with van der Waals surface area (Å²) < 4.78 is 17.7. The second kappa shape index (κ2) is 6.13. The van der Waals surface area contributed by atoms with Gasteiger partial charge in [-0.25, -0.2) is 0 Å². The van der Waals surface area contributed by atoms with Crippen LogP contribution in [0.5, 0.6) is 0 Å². The zero-order chi connectivity index (χ0) is 12.9. The molecule has 3 nitrogen and oxygen atoms in total. The van der Waals surface area contributed by atoms with E-state index >= 15 is 0 Å². The van der Waals surface area contributed by atoms with Crippen LogP contribution in [0, 0.1) is 0 Å². The standard InChI is InChI=1S/C13H19O3P/c1-4-5-10-16-17(3,15)13-8-6-12(7-9-13)11(2)14/h6-9H,4-5,10H2,1-3H3. The Kier molecular flexibility index (Phi) is 5.10. The minimum atomic E-state index is -2.74. The van der Waals surface area contributed by atoms with Gasteiger partial charge in [-0.05, 0) is 25.5 Å². The summed E-state index contributed by atoms with van der Waals surface area (Å²) in [5.74, 6) is 0.00869. The number of hydrogen-bond acceptors (Lipinski definition) is 3. The molecule has 0 bridgehead atoms. The lowest BCUT2D eigenvalue weighted by atomic mass is 10.2. The molecular weight excluding hydrogens is 235 g/mol. The highest BCUT2D eigenvalue weighted by molar-refractivity contribution is 7.66. The molecule has 0 saturated carbocycles. The summed E-state index contributed by atoms with van der Waals surface area (Å²) in [6.07, 6.45) is 1.92. The maximum atomic E-state index is 12.3. The third-order valence-electron chi connectivity index (χ3n) is 2.58. The molecule has 1 unspecified atom stereocenters. The van der Waals surface area contributed by atoms with Crippen LogP contribution >= 0.6 is 7.37 Å². The predicted octanol–water partition coefficient (Wildman–Crippen LogP) is 3.24. The molecule has 0 aliphatic carbocycles. The molecule has 1 atom stereocenters. The highest BCUT2D eigenvalue weighted by Crippen LogP contribution is 2.41. The molecule has 17 heavy (non-hydrogen) atoms. The Morgan fingerprint density at radius 3 is 2.35 bits per heavy atom. The predicted molar refractivity (Wildman–Crippen MR) is 70.5 cm³/mol. The van der Waals surface area contributed by atoms with Crippen molar-refractivity contribution < 1.29 is 13.9 Å². The summed E-state index contributed by atoms with van der Waals surface area (Å²) in [4.78, 5) is 11.1. The van der Waals surface area contributed by atoms with E-state index in [2.05, 4.69) is 6.92 Å². The Morgan fingerprint density at radius 1 is 1.29 bits per heavy atom. The van der Waals surface area contributed by atoms with E-state index < -0.39 is 7.37 Å². The zero-order valence-corrected chi connectivity index (χ0v) is 11.5. The lowest BCUT2D eigenvalue weighted by Crippen LogP contribution is -2.08. The van der Waals surface area contributed by atoms with Crippen molar-refractivity contribution in [2.45, 2.75) is 26.7 Å². The number of unbranched alkanes of at least 4 members (excludes halogenated alkanes) is 1. The number of carbonyl (C=O) groups excluding carboxylic acids is 1. The average molecular weight is 254 g/mol. The topological polar surface area (TPSA) is 43.4 Å². The minimum Gasteiger partial charge on any atom is -0.325 e. The second-order valence-electron chi connectivity index (χ2n) is 4.14. The van der Waals surface area contributed by atoms with Crippen molar-refractivity contribution in [2.24, 2.45) is 0 Å². The van der Waals surface area contributed by atoms with Gasteiger partial charge in [-0.15, -0.1) is 0 Å². The summed E-state index contributed by atoms with van der Waals surface area (Å²) in [6, 6.07) is 6.81. The van der Waals surface area contributed by atoms with Crippen molar-refractivity contribution >= 4 is 18.5 Å². The van der Waals surface area contributed by atoms with E-state index in [1.807, 2.05) is 0 Å². The van der Waals surface area contributed by atoms with E-state index in [0.717, 1.165) is 12.8 Å². The first-order valence-corrected chi connectivity index (χ1v) is 7.88. The molecule has 1 aromatic rings. The summed E-state index contributed by atoms with van der Waals surface area (Å²) in [5.41, 5.74) is 0.627. The largest absolute Gasteiger partial charge is 0.325 e. The van der Waals surface area contributed by atoms with Crippen LogP contribution in [0.15, 0.2) is 24.3 Å². The fourth-order valence-corrected chi connectivity index (χ4v) is 2.74. The molecular formula is C13H19O3P. The van der Waals surface area contributed by atoms with Gasteiger partial charge in [0, 0.05) is 17.5 Å². The highest BCUT2D eigenvalue weighted by atomic mass is 31.2. The van der Waals surface area contributed by atoms with Crippen molar-refractivity contribution in [1.82, 2.24) is 0 Å². The summed E-state index contributed by atoms with van der Waals surface area (Å²) in [6.45, 7) is 5.70. The van der Waals surface area contributed by atoms with Gasteiger partial charge in [0.25, 0.3) is 0 Å². The van der Waals surface area contributed by atoms with Crippen LogP contribution in [0.1, 0.15) is 37.0 Å². The molecule has 0 radical (unpaired) electrons. The quantitative estimate of drug-likeness (QED) is 0.444. The third-order valence-corrected chi connectivity index (χ3v) is 4.49. The Labute approximate surface area is 103 Å². The van der Waals surface area contributed by atoms with E-state index in [1.54, 1.807) is 30.9 Å². The maximum absolute atomic E-state index is 12.3. The van der Waals surface area contributed by atoms with Crippen LogP contribution < -0.4 is 5.30 Å². The van der Waals surface area contributed by atoms with Crippen molar-refractivity contribution in [1.29, 1.82) is 0 Å². The first-order chi connectivity index (χ1) is 7.97. The number of carbonyl (C=O) groups is 1. The number of ketones is 1. The fourth-order valence-electron chi connectivity index (χ4n) is 1.42. The molecule has 0 aliphatic rings. The molecule has 1 aromatic carbocycles. The smallest absolute Gasteiger partial charge is 0.229 e. The van der Waals surface area contributed by atoms with Gasteiger partial charge in [-0.1, -0.05) is 25.5 Å². The van der Waals surface area contributed by atoms with Crippen LogP contribution in [0.4, 0.5) is 0 Å². The Hall–Kier alpha value is -0.920. The van der Waals surface area contributed by atoms with Gasteiger partial charge in [-0.3, -0.25) is 9.36 Å². The van der Waals surface area contributed by atoms with E-state index in [-0.39, 0.29) is 5.78 Å². The van der Waals surface area contributed by atoms with E-state index in [9.17, 15) is 9.36 Å². The van der Waals surface area contributed by atoms with Gasteiger partial charge in [0.05, 0.1) is 6.61 Å². The molecule has 4 heteroatoms. The van der Waals surface area contributed by atoms with E-state index in [1.165, 1.54) is 6.92 Å². The van der Waals surface area contributed by atoms with Crippen LogP contribution in [0.2, 0.25) is 0 Å². The molecule has 0 saturated heterocycles.